The van der Waals surface area contributed by atoms with Crippen molar-refractivity contribution in [1.82, 2.24) is 5.32 Å². The Bertz CT molecular complexity index is 1020. The number of nitrogens with one attached hydrogen (secondary N) is 2. The summed E-state index contributed by atoms with van der Waals surface area (Å²) in [6, 6.07) is 10.3. The number of piperidine rings is 1. The first kappa shape index (κ1) is 24.2. The molecule has 1 fully saturated rings. The first-order chi connectivity index (χ1) is 15.0. The monoisotopic (exact) mass is 471 g/mol. The van der Waals surface area contributed by atoms with E-state index in [1.165, 1.54) is 24.3 Å². The van der Waals surface area contributed by atoms with E-state index in [0.29, 0.717) is 0 Å². The number of alkyl halides is 3. The van der Waals surface area contributed by atoms with Gasteiger partial charge >= 0.3 is 6.36 Å². The quantitative estimate of drug-likeness (QED) is 0.613. The highest BCUT2D eigenvalue weighted by atomic mass is 32.2. The van der Waals surface area contributed by atoms with Gasteiger partial charge in [0.05, 0.1) is 16.3 Å². The molecule has 6 nitrogen and oxygen atoms in total. The second-order valence-electron chi connectivity index (χ2n) is 8.15. The maximum absolute atomic E-state index is 12.9. The molecule has 0 radical (unpaired) electrons. The van der Waals surface area contributed by atoms with Gasteiger partial charge in [0.1, 0.15) is 0 Å². The fourth-order valence-electron chi connectivity index (χ4n) is 3.70. The Morgan fingerprint density at radius 3 is 2.28 bits per heavy atom. The van der Waals surface area contributed by atoms with E-state index >= 15 is 0 Å². The van der Waals surface area contributed by atoms with Crippen molar-refractivity contribution < 1.29 is 26.3 Å². The zero-order chi connectivity index (χ0) is 23.5. The summed E-state index contributed by atoms with van der Waals surface area (Å²) in [6.45, 7) is 5.52. The summed E-state index contributed by atoms with van der Waals surface area (Å²) in [5, 5.41) is 3.22. The highest BCUT2D eigenvalue weighted by Gasteiger charge is 2.33. The van der Waals surface area contributed by atoms with Crippen LogP contribution in [0.3, 0.4) is 0 Å². The Labute approximate surface area is 186 Å². The van der Waals surface area contributed by atoms with E-state index in [1.54, 1.807) is 24.1 Å². The van der Waals surface area contributed by atoms with Crippen molar-refractivity contribution in [1.29, 1.82) is 0 Å². The lowest BCUT2D eigenvalue weighted by molar-refractivity contribution is -0.274. The van der Waals surface area contributed by atoms with Crippen molar-refractivity contribution in [3.63, 3.8) is 0 Å². The average molecular weight is 472 g/mol. The van der Waals surface area contributed by atoms with Crippen molar-refractivity contribution in [2.45, 2.75) is 49.9 Å². The second kappa shape index (κ2) is 9.58. The molecular formula is C22H28F3N3O3S. The summed E-state index contributed by atoms with van der Waals surface area (Å²) in [5.41, 5.74) is 1.33. The van der Waals surface area contributed by atoms with Crippen molar-refractivity contribution in [2.24, 2.45) is 0 Å². The standard InChI is InChI=1S/C22H28F3N3O3S/c1-15(2)16-4-7-19(8-5-16)32(29,30)27-17-6-9-21(31-22(23,24)25)20(14-17)28(3)18-10-12-26-13-11-18/h4-9,14-15,18,26-27H,10-13H2,1-3H3. The third kappa shape index (κ3) is 6.07. The highest BCUT2D eigenvalue weighted by Crippen LogP contribution is 2.37. The number of sulfonamides is 1. The van der Waals surface area contributed by atoms with Crippen LogP contribution in [0, 0.1) is 0 Å². The smallest absolute Gasteiger partial charge is 0.404 e. The third-order valence-electron chi connectivity index (χ3n) is 5.53. The van der Waals surface area contributed by atoms with Crippen molar-refractivity contribution >= 4 is 21.4 Å². The van der Waals surface area contributed by atoms with Crippen LogP contribution >= 0.6 is 0 Å². The Morgan fingerprint density at radius 2 is 1.72 bits per heavy atom. The number of hydrogen-bond acceptors (Lipinski definition) is 5. The van der Waals surface area contributed by atoms with E-state index in [9.17, 15) is 21.6 Å². The Balaban J connectivity index is 1.90. The van der Waals surface area contributed by atoms with E-state index in [-0.39, 0.29) is 34.0 Å². The average Bonchev–Trinajstić information content (AvgIpc) is 2.74. The lowest BCUT2D eigenvalue weighted by Gasteiger charge is -2.34. The summed E-state index contributed by atoms with van der Waals surface area (Å²) in [7, 11) is -2.22. The Kier molecular flexibility index (Phi) is 7.24. The highest BCUT2D eigenvalue weighted by molar-refractivity contribution is 7.92. The Morgan fingerprint density at radius 1 is 1.09 bits per heavy atom. The normalized spacial score (nSPS) is 15.6. The van der Waals surface area contributed by atoms with Gasteiger partial charge in [0.25, 0.3) is 10.0 Å². The van der Waals surface area contributed by atoms with Gasteiger partial charge in [-0.05, 0) is 67.7 Å². The van der Waals surface area contributed by atoms with Gasteiger partial charge in [0, 0.05) is 13.1 Å². The topological polar surface area (TPSA) is 70.7 Å². The van der Waals surface area contributed by atoms with Crippen LogP contribution in [0.1, 0.15) is 38.2 Å². The van der Waals surface area contributed by atoms with E-state index in [1.807, 2.05) is 13.8 Å². The van der Waals surface area contributed by atoms with Crippen LogP contribution in [0.4, 0.5) is 24.5 Å². The molecule has 2 N–H and O–H groups in total. The molecule has 1 saturated heterocycles. The molecule has 2 aromatic carbocycles. The van der Waals surface area contributed by atoms with Crippen LogP contribution in [0.5, 0.6) is 5.75 Å². The number of hydrogen-bond donors (Lipinski definition) is 2. The molecule has 3 rings (SSSR count). The van der Waals surface area contributed by atoms with Crippen LogP contribution in [0.15, 0.2) is 47.4 Å². The van der Waals surface area contributed by atoms with Gasteiger partial charge in [-0.1, -0.05) is 26.0 Å². The molecule has 0 unspecified atom stereocenters. The maximum atomic E-state index is 12.9. The minimum absolute atomic E-state index is 0.00210. The lowest BCUT2D eigenvalue weighted by Crippen LogP contribution is -2.41. The molecule has 10 heteroatoms. The molecular weight excluding hydrogens is 443 g/mol. The van der Waals surface area contributed by atoms with Gasteiger partial charge in [-0.15, -0.1) is 13.2 Å². The van der Waals surface area contributed by atoms with Gasteiger partial charge in [0.15, 0.2) is 5.75 Å². The molecule has 1 aliphatic rings. The van der Waals surface area contributed by atoms with Crippen molar-refractivity contribution in [3.05, 3.63) is 48.0 Å². The summed E-state index contributed by atoms with van der Waals surface area (Å²) in [4.78, 5) is 1.79. The van der Waals surface area contributed by atoms with Crippen molar-refractivity contribution in [2.75, 3.05) is 29.8 Å². The van der Waals surface area contributed by atoms with Crippen LogP contribution < -0.4 is 19.7 Å². The molecule has 1 aliphatic heterocycles. The predicted octanol–water partition coefficient (Wildman–Crippen LogP) is 4.70. The fourth-order valence-corrected chi connectivity index (χ4v) is 4.75. The van der Waals surface area contributed by atoms with Crippen LogP contribution in [0.2, 0.25) is 0 Å². The molecule has 0 saturated carbocycles. The molecule has 2 aromatic rings. The molecule has 0 atom stereocenters. The molecule has 1 heterocycles. The first-order valence-corrected chi connectivity index (χ1v) is 11.9. The van der Waals surface area contributed by atoms with Gasteiger partial charge < -0.3 is 15.0 Å². The van der Waals surface area contributed by atoms with Gasteiger partial charge in [-0.25, -0.2) is 8.42 Å². The number of halogens is 3. The molecule has 176 valence electrons. The van der Waals surface area contributed by atoms with Crippen LogP contribution in [0.25, 0.3) is 0 Å². The number of nitrogens with zero attached hydrogens (tertiary/aromatic N) is 1. The molecule has 0 bridgehead atoms. The molecule has 32 heavy (non-hydrogen) atoms. The van der Waals surface area contributed by atoms with Gasteiger partial charge in [0.2, 0.25) is 0 Å². The lowest BCUT2D eigenvalue weighted by atomic mass is 10.0. The predicted molar refractivity (Wildman–Crippen MR) is 119 cm³/mol. The summed E-state index contributed by atoms with van der Waals surface area (Å²) < 4.78 is 71.2. The third-order valence-corrected chi connectivity index (χ3v) is 6.93. The SMILES string of the molecule is CC(C)c1ccc(S(=O)(=O)Nc2ccc(OC(F)(F)F)c(N(C)C3CCNCC3)c2)cc1. The second-order valence-corrected chi connectivity index (χ2v) is 9.83. The molecule has 0 amide bonds. The van der Waals surface area contributed by atoms with Crippen LogP contribution in [-0.4, -0.2) is 41.0 Å². The minimum Gasteiger partial charge on any atom is -0.404 e. The molecule has 0 aliphatic carbocycles. The van der Waals surface area contributed by atoms with Crippen LogP contribution in [-0.2, 0) is 10.0 Å². The van der Waals surface area contributed by atoms with Crippen molar-refractivity contribution in [3.8, 4) is 5.75 Å². The fraction of sp³-hybridized carbons (Fsp3) is 0.455. The summed E-state index contributed by atoms with van der Waals surface area (Å²) in [6.07, 6.45) is -3.36. The molecule has 0 aromatic heterocycles. The van der Waals surface area contributed by atoms with E-state index in [0.717, 1.165) is 37.6 Å². The van der Waals surface area contributed by atoms with E-state index in [4.69, 9.17) is 0 Å². The zero-order valence-corrected chi connectivity index (χ0v) is 19.1. The zero-order valence-electron chi connectivity index (χ0n) is 18.2. The molecule has 0 spiro atoms. The van der Waals surface area contributed by atoms with E-state index in [2.05, 4.69) is 14.8 Å². The first-order valence-electron chi connectivity index (χ1n) is 10.4. The van der Waals surface area contributed by atoms with Gasteiger partial charge in [-0.2, -0.15) is 0 Å². The number of benzene rings is 2. The minimum atomic E-state index is -4.86. The van der Waals surface area contributed by atoms with E-state index < -0.39 is 16.4 Å². The number of ether oxygens (including phenoxy) is 1. The maximum Gasteiger partial charge on any atom is 0.573 e. The Hall–Kier alpha value is -2.46. The summed E-state index contributed by atoms with van der Waals surface area (Å²) >= 11 is 0. The summed E-state index contributed by atoms with van der Waals surface area (Å²) in [5.74, 6) is -0.114. The number of anilines is 2. The largest absolute Gasteiger partial charge is 0.573 e. The number of rotatable bonds is 7. The van der Waals surface area contributed by atoms with Gasteiger partial charge in [-0.3, -0.25) is 4.72 Å².